The summed E-state index contributed by atoms with van der Waals surface area (Å²) < 4.78 is 5.10. The molecule has 0 spiro atoms. The van der Waals surface area contributed by atoms with Crippen LogP contribution in [0.3, 0.4) is 0 Å². The summed E-state index contributed by atoms with van der Waals surface area (Å²) in [4.78, 5) is 18.3. The average molecular weight is 500 g/mol. The lowest BCUT2D eigenvalue weighted by Crippen LogP contribution is -2.46. The molecule has 0 aromatic heterocycles. The van der Waals surface area contributed by atoms with E-state index in [0.29, 0.717) is 23.2 Å². The van der Waals surface area contributed by atoms with Gasteiger partial charge in [-0.25, -0.2) is 0 Å². The van der Waals surface area contributed by atoms with Gasteiger partial charge in [-0.3, -0.25) is 9.79 Å². The molecule has 0 bridgehead atoms. The first-order valence-electron chi connectivity index (χ1n) is 8.11. The molecule has 140 valence electrons. The van der Waals surface area contributed by atoms with Gasteiger partial charge in [0, 0.05) is 36.7 Å². The molecular formula is C17H24Cl2IN3O2. The first kappa shape index (κ1) is 22.3. The highest BCUT2D eigenvalue weighted by molar-refractivity contribution is 14.0. The summed E-state index contributed by atoms with van der Waals surface area (Å²) >= 11 is 12.1. The Hall–Kier alpha value is -0.730. The molecule has 8 heteroatoms. The van der Waals surface area contributed by atoms with Gasteiger partial charge in [0.25, 0.3) is 0 Å². The zero-order chi connectivity index (χ0) is 17.5. The van der Waals surface area contributed by atoms with Crippen molar-refractivity contribution in [1.82, 2.24) is 10.2 Å². The second kappa shape index (κ2) is 11.1. The summed E-state index contributed by atoms with van der Waals surface area (Å²) in [5.41, 5.74) is 0.962. The number of nitrogens with one attached hydrogen (secondary N) is 1. The molecule has 1 aliphatic rings. The van der Waals surface area contributed by atoms with Gasteiger partial charge in [0.15, 0.2) is 5.96 Å². The van der Waals surface area contributed by atoms with E-state index in [2.05, 4.69) is 15.2 Å². The quantitative estimate of drug-likeness (QED) is 0.295. The SMILES string of the molecule is CCOC(=O)C1CCN(C(=NC)NCc2ccc(Cl)cc2Cl)CC1.I. The van der Waals surface area contributed by atoms with Crippen molar-refractivity contribution in [2.24, 2.45) is 10.9 Å². The number of hydrogen-bond donors (Lipinski definition) is 1. The highest BCUT2D eigenvalue weighted by Gasteiger charge is 2.27. The van der Waals surface area contributed by atoms with E-state index in [4.69, 9.17) is 27.9 Å². The van der Waals surface area contributed by atoms with Gasteiger partial charge in [0.05, 0.1) is 12.5 Å². The fourth-order valence-electron chi connectivity index (χ4n) is 2.76. The number of esters is 1. The molecule has 0 unspecified atom stereocenters. The number of hydrogen-bond acceptors (Lipinski definition) is 3. The molecule has 1 aromatic rings. The fraction of sp³-hybridized carbons (Fsp3) is 0.529. The van der Waals surface area contributed by atoms with Crippen LogP contribution in [0.4, 0.5) is 0 Å². The fourth-order valence-corrected chi connectivity index (χ4v) is 3.23. The van der Waals surface area contributed by atoms with E-state index in [1.165, 1.54) is 0 Å². The van der Waals surface area contributed by atoms with E-state index in [9.17, 15) is 4.79 Å². The third-order valence-corrected chi connectivity index (χ3v) is 4.67. The van der Waals surface area contributed by atoms with Crippen LogP contribution in [0, 0.1) is 5.92 Å². The molecule has 1 fully saturated rings. The number of guanidine groups is 1. The highest BCUT2D eigenvalue weighted by atomic mass is 127. The van der Waals surface area contributed by atoms with Crippen molar-refractivity contribution in [3.8, 4) is 0 Å². The van der Waals surface area contributed by atoms with Crippen LogP contribution in [0.2, 0.25) is 10.0 Å². The highest BCUT2D eigenvalue weighted by Crippen LogP contribution is 2.21. The van der Waals surface area contributed by atoms with Crippen molar-refractivity contribution < 1.29 is 9.53 Å². The van der Waals surface area contributed by atoms with Crippen LogP contribution in [0.15, 0.2) is 23.2 Å². The second-order valence-corrected chi connectivity index (χ2v) is 6.49. The van der Waals surface area contributed by atoms with E-state index < -0.39 is 0 Å². The molecule has 0 saturated carbocycles. The van der Waals surface area contributed by atoms with Crippen LogP contribution in [-0.2, 0) is 16.1 Å². The molecule has 25 heavy (non-hydrogen) atoms. The predicted octanol–water partition coefficient (Wildman–Crippen LogP) is 3.96. The minimum atomic E-state index is -0.0898. The third kappa shape index (κ3) is 6.49. The van der Waals surface area contributed by atoms with Crippen LogP contribution >= 0.6 is 47.2 Å². The lowest BCUT2D eigenvalue weighted by Gasteiger charge is -2.33. The Morgan fingerprint density at radius 2 is 2.04 bits per heavy atom. The number of likely N-dealkylation sites (tertiary alicyclic amines) is 1. The molecule has 1 saturated heterocycles. The number of benzene rings is 1. The van der Waals surface area contributed by atoms with Gasteiger partial charge >= 0.3 is 5.97 Å². The Morgan fingerprint density at radius 3 is 2.60 bits per heavy atom. The molecule has 0 amide bonds. The smallest absolute Gasteiger partial charge is 0.309 e. The van der Waals surface area contributed by atoms with Crippen LogP contribution in [0.5, 0.6) is 0 Å². The Bertz CT molecular complexity index is 606. The number of aliphatic imine (C=N–C) groups is 1. The van der Waals surface area contributed by atoms with Gasteiger partial charge in [-0.2, -0.15) is 0 Å². The molecule has 5 nitrogen and oxygen atoms in total. The van der Waals surface area contributed by atoms with Gasteiger partial charge in [-0.15, -0.1) is 24.0 Å². The van der Waals surface area contributed by atoms with Gasteiger partial charge in [-0.1, -0.05) is 29.3 Å². The van der Waals surface area contributed by atoms with Crippen molar-refractivity contribution in [3.63, 3.8) is 0 Å². The Morgan fingerprint density at radius 1 is 1.36 bits per heavy atom. The van der Waals surface area contributed by atoms with Crippen LogP contribution in [-0.4, -0.2) is 43.6 Å². The minimum Gasteiger partial charge on any atom is -0.466 e. The van der Waals surface area contributed by atoms with Gasteiger partial charge < -0.3 is 15.0 Å². The normalized spacial score (nSPS) is 15.5. The molecular weight excluding hydrogens is 476 g/mol. The maximum atomic E-state index is 11.8. The topological polar surface area (TPSA) is 53.9 Å². The van der Waals surface area contributed by atoms with E-state index in [1.807, 2.05) is 19.1 Å². The molecule has 0 aliphatic carbocycles. The maximum Gasteiger partial charge on any atom is 0.309 e. The number of rotatable bonds is 4. The van der Waals surface area contributed by atoms with E-state index >= 15 is 0 Å². The summed E-state index contributed by atoms with van der Waals surface area (Å²) in [6.45, 7) is 4.39. The Labute approximate surface area is 176 Å². The van der Waals surface area contributed by atoms with Crippen LogP contribution < -0.4 is 5.32 Å². The lowest BCUT2D eigenvalue weighted by atomic mass is 9.97. The van der Waals surface area contributed by atoms with Gasteiger partial charge in [0.1, 0.15) is 0 Å². The van der Waals surface area contributed by atoms with Crippen molar-refractivity contribution >= 4 is 59.1 Å². The number of ether oxygens (including phenoxy) is 1. The summed E-state index contributed by atoms with van der Waals surface area (Å²) in [7, 11) is 1.75. The number of carbonyl (C=O) groups excluding carboxylic acids is 1. The van der Waals surface area contributed by atoms with Crippen molar-refractivity contribution in [3.05, 3.63) is 33.8 Å². The second-order valence-electron chi connectivity index (χ2n) is 5.65. The van der Waals surface area contributed by atoms with E-state index in [0.717, 1.165) is 37.5 Å². The number of halogens is 3. The van der Waals surface area contributed by atoms with Gasteiger partial charge in [-0.05, 0) is 37.5 Å². The molecule has 2 rings (SSSR count). The van der Waals surface area contributed by atoms with Crippen LogP contribution in [0.1, 0.15) is 25.3 Å². The van der Waals surface area contributed by atoms with E-state index in [1.54, 1.807) is 13.1 Å². The summed E-state index contributed by atoms with van der Waals surface area (Å²) in [6, 6.07) is 5.45. The predicted molar refractivity (Wildman–Crippen MR) is 113 cm³/mol. The monoisotopic (exact) mass is 499 g/mol. The van der Waals surface area contributed by atoms with Crippen molar-refractivity contribution in [1.29, 1.82) is 0 Å². The zero-order valence-corrected chi connectivity index (χ0v) is 18.3. The molecule has 1 aliphatic heterocycles. The van der Waals surface area contributed by atoms with Crippen LogP contribution in [0.25, 0.3) is 0 Å². The molecule has 1 heterocycles. The summed E-state index contributed by atoms with van der Waals surface area (Å²) in [5.74, 6) is 0.710. The Balaban J connectivity index is 0.00000312. The first-order valence-corrected chi connectivity index (χ1v) is 8.87. The summed E-state index contributed by atoms with van der Waals surface area (Å²) in [6.07, 6.45) is 1.56. The van der Waals surface area contributed by atoms with Crippen molar-refractivity contribution in [2.45, 2.75) is 26.3 Å². The minimum absolute atomic E-state index is 0. The van der Waals surface area contributed by atoms with Gasteiger partial charge in [0.2, 0.25) is 0 Å². The molecule has 1 N–H and O–H groups in total. The lowest BCUT2D eigenvalue weighted by molar-refractivity contribution is -0.149. The number of piperidine rings is 1. The average Bonchev–Trinajstić information content (AvgIpc) is 2.58. The Kier molecular flexibility index (Phi) is 9.89. The molecule has 1 aromatic carbocycles. The first-order chi connectivity index (χ1) is 11.5. The number of carbonyl (C=O) groups is 1. The molecule has 0 atom stereocenters. The zero-order valence-electron chi connectivity index (χ0n) is 14.4. The standard InChI is InChI=1S/C17H23Cl2N3O2.HI/c1-3-24-16(23)12-6-8-22(9-7-12)17(20-2)21-11-13-4-5-14(18)10-15(13)19;/h4-5,10,12H,3,6-9,11H2,1-2H3,(H,20,21);1H. The molecule has 0 radical (unpaired) electrons. The van der Waals surface area contributed by atoms with E-state index in [-0.39, 0.29) is 35.9 Å². The maximum absolute atomic E-state index is 11.8. The largest absolute Gasteiger partial charge is 0.466 e. The van der Waals surface area contributed by atoms with Crippen molar-refractivity contribution in [2.75, 3.05) is 26.7 Å². The third-order valence-electron chi connectivity index (χ3n) is 4.08. The summed E-state index contributed by atoms with van der Waals surface area (Å²) in [5, 5.41) is 4.57. The number of nitrogens with zero attached hydrogens (tertiary/aromatic N) is 2.